The molecule has 0 spiro atoms. The van der Waals surface area contributed by atoms with E-state index in [9.17, 15) is 9.59 Å². The highest BCUT2D eigenvalue weighted by Crippen LogP contribution is 2.06. The Labute approximate surface area is 87.1 Å². The highest BCUT2D eigenvalue weighted by atomic mass is 16.4. The van der Waals surface area contributed by atoms with Gasteiger partial charge in [0.15, 0.2) is 0 Å². The predicted molar refractivity (Wildman–Crippen MR) is 53.6 cm³/mol. The molecule has 0 atom stereocenters. The molecule has 0 bridgehead atoms. The first kappa shape index (κ1) is 11.2. The zero-order valence-corrected chi connectivity index (χ0v) is 8.36. The Morgan fingerprint density at radius 2 is 2.27 bits per heavy atom. The van der Waals surface area contributed by atoms with E-state index < -0.39 is 5.97 Å². The van der Waals surface area contributed by atoms with E-state index in [1.165, 1.54) is 6.20 Å². The average Bonchev–Trinajstić information content (AvgIpc) is 2.25. The first-order valence-electron chi connectivity index (χ1n) is 4.58. The second-order valence-electron chi connectivity index (χ2n) is 2.96. The predicted octanol–water partition coefficient (Wildman–Crippen LogP) is 0.458. The van der Waals surface area contributed by atoms with E-state index in [1.54, 1.807) is 12.3 Å². The number of pyridine rings is 1. The minimum atomic E-state index is -1.06. The molecular formula is C10H12N2O3. The molecule has 0 aliphatic heterocycles. The quantitative estimate of drug-likeness (QED) is 0.753. The van der Waals surface area contributed by atoms with Crippen LogP contribution in [0.2, 0.25) is 0 Å². The number of aryl methyl sites for hydroxylation is 1. The van der Waals surface area contributed by atoms with Gasteiger partial charge in [-0.1, -0.05) is 6.92 Å². The zero-order chi connectivity index (χ0) is 11.3. The van der Waals surface area contributed by atoms with E-state index in [4.69, 9.17) is 5.11 Å². The second-order valence-corrected chi connectivity index (χ2v) is 2.96. The van der Waals surface area contributed by atoms with Crippen molar-refractivity contribution in [2.75, 3.05) is 6.54 Å². The molecule has 0 unspecified atom stereocenters. The normalized spacial score (nSPS) is 9.67. The summed E-state index contributed by atoms with van der Waals surface area (Å²) in [5.41, 5.74) is 1.29. The smallest absolute Gasteiger partial charge is 0.322 e. The summed E-state index contributed by atoms with van der Waals surface area (Å²) in [5.74, 6) is -1.44. The number of hydrogen-bond donors (Lipinski definition) is 2. The number of carboxylic acids is 1. The first-order chi connectivity index (χ1) is 7.15. The molecule has 1 aromatic rings. The molecule has 0 radical (unpaired) electrons. The number of carboxylic acid groups (broad SMARTS) is 1. The van der Waals surface area contributed by atoms with E-state index in [0.717, 1.165) is 5.56 Å². The van der Waals surface area contributed by atoms with Crippen molar-refractivity contribution in [2.24, 2.45) is 0 Å². The third kappa shape index (κ3) is 3.05. The van der Waals surface area contributed by atoms with Crippen LogP contribution in [0.3, 0.4) is 0 Å². The van der Waals surface area contributed by atoms with Gasteiger partial charge in [-0.05, 0) is 18.1 Å². The van der Waals surface area contributed by atoms with Gasteiger partial charge < -0.3 is 10.4 Å². The number of rotatable bonds is 4. The lowest BCUT2D eigenvalue weighted by molar-refractivity contribution is -0.135. The summed E-state index contributed by atoms with van der Waals surface area (Å²) < 4.78 is 0. The van der Waals surface area contributed by atoms with Crippen LogP contribution < -0.4 is 5.32 Å². The van der Waals surface area contributed by atoms with Gasteiger partial charge in [-0.3, -0.25) is 14.6 Å². The minimum absolute atomic E-state index is 0.371. The van der Waals surface area contributed by atoms with E-state index in [0.29, 0.717) is 12.0 Å². The lowest BCUT2D eigenvalue weighted by atomic mass is 10.1. The van der Waals surface area contributed by atoms with Gasteiger partial charge >= 0.3 is 5.97 Å². The number of carbonyl (C=O) groups excluding carboxylic acids is 1. The topological polar surface area (TPSA) is 79.3 Å². The van der Waals surface area contributed by atoms with Crippen LogP contribution in [0.5, 0.6) is 0 Å². The van der Waals surface area contributed by atoms with Crippen LogP contribution in [0.1, 0.15) is 22.8 Å². The highest BCUT2D eigenvalue weighted by Gasteiger charge is 2.10. The van der Waals surface area contributed by atoms with Gasteiger partial charge in [0.05, 0.1) is 0 Å². The fraction of sp³-hybridized carbons (Fsp3) is 0.300. The van der Waals surface area contributed by atoms with E-state index in [2.05, 4.69) is 10.3 Å². The van der Waals surface area contributed by atoms with Gasteiger partial charge in [-0.15, -0.1) is 0 Å². The average molecular weight is 208 g/mol. The van der Waals surface area contributed by atoms with Crippen molar-refractivity contribution in [1.29, 1.82) is 0 Å². The van der Waals surface area contributed by atoms with Crippen molar-refractivity contribution in [3.8, 4) is 0 Å². The maximum absolute atomic E-state index is 11.5. The molecule has 5 heteroatoms. The standard InChI is InChI=1S/C10H12N2O3/c1-2-7-5-11-4-3-8(7)10(15)12-6-9(13)14/h3-5H,2,6H2,1H3,(H,12,15)(H,13,14). The lowest BCUT2D eigenvalue weighted by Crippen LogP contribution is -2.29. The van der Waals surface area contributed by atoms with Crippen LogP contribution in [0.25, 0.3) is 0 Å². The molecule has 0 saturated carbocycles. The van der Waals surface area contributed by atoms with Crippen molar-refractivity contribution in [3.05, 3.63) is 29.6 Å². The number of aliphatic carboxylic acids is 1. The Kier molecular flexibility index (Phi) is 3.79. The zero-order valence-electron chi connectivity index (χ0n) is 8.36. The molecule has 1 aromatic heterocycles. The Morgan fingerprint density at radius 3 is 2.87 bits per heavy atom. The van der Waals surface area contributed by atoms with Crippen LogP contribution in [-0.4, -0.2) is 28.5 Å². The maximum Gasteiger partial charge on any atom is 0.322 e. The Balaban J connectivity index is 2.77. The number of carbonyl (C=O) groups is 2. The van der Waals surface area contributed by atoms with Crippen LogP contribution in [0.15, 0.2) is 18.5 Å². The summed E-state index contributed by atoms with van der Waals surface area (Å²) >= 11 is 0. The largest absolute Gasteiger partial charge is 0.480 e. The summed E-state index contributed by atoms with van der Waals surface area (Å²) in [6.07, 6.45) is 3.80. The number of amides is 1. The highest BCUT2D eigenvalue weighted by molar-refractivity contribution is 5.96. The van der Waals surface area contributed by atoms with Crippen LogP contribution in [-0.2, 0) is 11.2 Å². The summed E-state index contributed by atoms with van der Waals surface area (Å²) in [4.78, 5) is 25.7. The Hall–Kier alpha value is -1.91. The molecule has 2 N–H and O–H groups in total. The Bertz CT molecular complexity index is 377. The molecule has 0 aromatic carbocycles. The molecule has 0 fully saturated rings. The Morgan fingerprint density at radius 1 is 1.53 bits per heavy atom. The number of nitrogens with one attached hydrogen (secondary N) is 1. The summed E-state index contributed by atoms with van der Waals surface area (Å²) in [6, 6.07) is 1.58. The molecule has 1 amide bonds. The van der Waals surface area contributed by atoms with Gasteiger partial charge in [-0.25, -0.2) is 0 Å². The molecule has 1 rings (SSSR count). The molecule has 1 heterocycles. The lowest BCUT2D eigenvalue weighted by Gasteiger charge is -2.06. The van der Waals surface area contributed by atoms with E-state index >= 15 is 0 Å². The first-order valence-corrected chi connectivity index (χ1v) is 4.58. The van der Waals surface area contributed by atoms with Gasteiger partial charge in [0.1, 0.15) is 6.54 Å². The molecular weight excluding hydrogens is 196 g/mol. The molecule has 0 aliphatic rings. The van der Waals surface area contributed by atoms with Crippen LogP contribution in [0, 0.1) is 0 Å². The second kappa shape index (κ2) is 5.09. The summed E-state index contributed by atoms with van der Waals surface area (Å²) in [6.45, 7) is 1.54. The van der Waals surface area contributed by atoms with E-state index in [1.807, 2.05) is 6.92 Å². The number of hydrogen-bond acceptors (Lipinski definition) is 3. The van der Waals surface area contributed by atoms with Gasteiger partial charge in [0.25, 0.3) is 5.91 Å². The molecule has 0 aliphatic carbocycles. The van der Waals surface area contributed by atoms with Crippen molar-refractivity contribution in [2.45, 2.75) is 13.3 Å². The van der Waals surface area contributed by atoms with Gasteiger partial charge in [0, 0.05) is 18.0 Å². The van der Waals surface area contributed by atoms with Crippen molar-refractivity contribution < 1.29 is 14.7 Å². The van der Waals surface area contributed by atoms with Crippen LogP contribution >= 0.6 is 0 Å². The van der Waals surface area contributed by atoms with Crippen LogP contribution in [0.4, 0.5) is 0 Å². The van der Waals surface area contributed by atoms with Crippen molar-refractivity contribution in [1.82, 2.24) is 10.3 Å². The number of nitrogens with zero attached hydrogens (tertiary/aromatic N) is 1. The molecule has 15 heavy (non-hydrogen) atoms. The summed E-state index contributed by atoms with van der Waals surface area (Å²) in [5, 5.41) is 10.7. The van der Waals surface area contributed by atoms with Gasteiger partial charge in [0.2, 0.25) is 0 Å². The van der Waals surface area contributed by atoms with Crippen molar-refractivity contribution >= 4 is 11.9 Å². The SMILES string of the molecule is CCc1cnccc1C(=O)NCC(=O)O. The third-order valence-electron chi connectivity index (χ3n) is 1.93. The van der Waals surface area contributed by atoms with Crippen molar-refractivity contribution in [3.63, 3.8) is 0 Å². The monoisotopic (exact) mass is 208 g/mol. The fourth-order valence-corrected chi connectivity index (χ4v) is 1.18. The maximum atomic E-state index is 11.5. The molecule has 80 valence electrons. The number of aromatic nitrogens is 1. The van der Waals surface area contributed by atoms with Gasteiger partial charge in [-0.2, -0.15) is 0 Å². The third-order valence-corrected chi connectivity index (χ3v) is 1.93. The summed E-state index contributed by atoms with van der Waals surface area (Å²) in [7, 11) is 0. The minimum Gasteiger partial charge on any atom is -0.480 e. The van der Waals surface area contributed by atoms with E-state index in [-0.39, 0.29) is 12.5 Å². The fourth-order valence-electron chi connectivity index (χ4n) is 1.18. The molecule has 5 nitrogen and oxygen atoms in total. The molecule has 0 saturated heterocycles.